The summed E-state index contributed by atoms with van der Waals surface area (Å²) in [6.07, 6.45) is 1.69. The van der Waals surface area contributed by atoms with Gasteiger partial charge in [0, 0.05) is 18.6 Å². The maximum absolute atomic E-state index is 4.12. The molecule has 0 unspecified atom stereocenters. The summed E-state index contributed by atoms with van der Waals surface area (Å²) in [5, 5.41) is 8.62. The van der Waals surface area contributed by atoms with E-state index in [9.17, 15) is 0 Å². The lowest BCUT2D eigenvalue weighted by Gasteiger charge is -2.00. The van der Waals surface area contributed by atoms with Crippen LogP contribution in [0.4, 0.5) is 0 Å². The van der Waals surface area contributed by atoms with E-state index in [1.807, 2.05) is 11.6 Å². The molecule has 0 aliphatic heterocycles. The molecule has 0 saturated carbocycles. The van der Waals surface area contributed by atoms with Crippen LogP contribution in [0.1, 0.15) is 0 Å². The second-order valence-corrected chi connectivity index (χ2v) is 3.68. The first-order valence-corrected chi connectivity index (χ1v) is 5.10. The summed E-state index contributed by atoms with van der Waals surface area (Å²) < 4.78 is 1.89. The molecule has 0 saturated heterocycles. The number of aryl methyl sites for hydroxylation is 1. The third-order valence-corrected chi connectivity index (χ3v) is 2.93. The SMILES string of the molecule is C=C(CS)CSc1nncn1C. The molecule has 66 valence electrons. The van der Waals surface area contributed by atoms with Crippen molar-refractivity contribution in [2.45, 2.75) is 5.16 Å². The molecule has 0 aliphatic rings. The summed E-state index contributed by atoms with van der Waals surface area (Å²) in [4.78, 5) is 0. The van der Waals surface area contributed by atoms with Crippen LogP contribution < -0.4 is 0 Å². The minimum Gasteiger partial charge on any atom is -0.312 e. The molecular weight excluding hydrogens is 190 g/mol. The maximum atomic E-state index is 4.12. The number of aromatic nitrogens is 3. The molecule has 0 fully saturated rings. The van der Waals surface area contributed by atoms with Crippen LogP contribution >= 0.6 is 24.4 Å². The highest BCUT2D eigenvalue weighted by atomic mass is 32.2. The van der Waals surface area contributed by atoms with Crippen molar-refractivity contribution in [1.29, 1.82) is 0 Å². The number of hydrogen-bond acceptors (Lipinski definition) is 4. The van der Waals surface area contributed by atoms with Gasteiger partial charge in [-0.2, -0.15) is 12.6 Å². The summed E-state index contributed by atoms with van der Waals surface area (Å²) >= 11 is 5.74. The van der Waals surface area contributed by atoms with Gasteiger partial charge >= 0.3 is 0 Å². The van der Waals surface area contributed by atoms with E-state index < -0.39 is 0 Å². The summed E-state index contributed by atoms with van der Waals surface area (Å²) in [6.45, 7) is 3.85. The van der Waals surface area contributed by atoms with E-state index in [4.69, 9.17) is 0 Å². The molecule has 1 rings (SSSR count). The Hall–Kier alpha value is -0.420. The van der Waals surface area contributed by atoms with E-state index in [-0.39, 0.29) is 0 Å². The summed E-state index contributed by atoms with van der Waals surface area (Å²) in [6, 6.07) is 0. The number of thiol groups is 1. The highest BCUT2D eigenvalue weighted by molar-refractivity contribution is 7.99. The van der Waals surface area contributed by atoms with E-state index in [1.54, 1.807) is 18.1 Å². The average Bonchev–Trinajstić information content (AvgIpc) is 2.47. The van der Waals surface area contributed by atoms with Crippen molar-refractivity contribution in [2.24, 2.45) is 7.05 Å². The van der Waals surface area contributed by atoms with Crippen molar-refractivity contribution in [3.63, 3.8) is 0 Å². The molecule has 0 aromatic carbocycles. The van der Waals surface area contributed by atoms with E-state index in [0.717, 1.165) is 22.2 Å². The molecule has 0 N–H and O–H groups in total. The lowest BCUT2D eigenvalue weighted by molar-refractivity contribution is 0.789. The van der Waals surface area contributed by atoms with E-state index in [0.29, 0.717) is 0 Å². The average molecular weight is 201 g/mol. The topological polar surface area (TPSA) is 30.7 Å². The lowest BCUT2D eigenvalue weighted by atomic mass is 10.4. The van der Waals surface area contributed by atoms with Gasteiger partial charge in [-0.1, -0.05) is 23.9 Å². The summed E-state index contributed by atoms with van der Waals surface area (Å²) in [5.41, 5.74) is 1.10. The smallest absolute Gasteiger partial charge is 0.191 e. The third kappa shape index (κ3) is 2.57. The van der Waals surface area contributed by atoms with Gasteiger partial charge < -0.3 is 4.57 Å². The Kier molecular flexibility index (Phi) is 3.68. The zero-order valence-corrected chi connectivity index (χ0v) is 8.61. The minimum absolute atomic E-state index is 0.727. The van der Waals surface area contributed by atoms with Gasteiger partial charge in [0.05, 0.1) is 0 Å². The Labute approximate surface area is 81.7 Å². The number of hydrogen-bond donors (Lipinski definition) is 1. The van der Waals surface area contributed by atoms with Crippen LogP contribution in [-0.2, 0) is 7.05 Å². The summed E-state index contributed by atoms with van der Waals surface area (Å²) in [5.74, 6) is 1.58. The zero-order chi connectivity index (χ0) is 8.97. The predicted octanol–water partition coefficient (Wildman–Crippen LogP) is 1.39. The van der Waals surface area contributed by atoms with E-state index >= 15 is 0 Å². The lowest BCUT2D eigenvalue weighted by Crippen LogP contribution is -1.92. The fourth-order valence-electron chi connectivity index (χ4n) is 0.616. The first kappa shape index (κ1) is 9.67. The van der Waals surface area contributed by atoms with Crippen molar-refractivity contribution in [3.8, 4) is 0 Å². The summed E-state index contributed by atoms with van der Waals surface area (Å²) in [7, 11) is 1.92. The normalized spacial score (nSPS) is 10.2. The Morgan fingerprint density at radius 3 is 3.08 bits per heavy atom. The van der Waals surface area contributed by atoms with Crippen LogP contribution in [0.3, 0.4) is 0 Å². The maximum Gasteiger partial charge on any atom is 0.191 e. The van der Waals surface area contributed by atoms with Crippen LogP contribution in [0.25, 0.3) is 0 Å². The molecule has 1 heterocycles. The zero-order valence-electron chi connectivity index (χ0n) is 6.90. The molecule has 0 aliphatic carbocycles. The first-order chi connectivity index (χ1) is 5.74. The first-order valence-electron chi connectivity index (χ1n) is 3.48. The standard InChI is InChI=1S/C7H11N3S2/c1-6(3-11)4-12-7-9-8-5-10(7)2/h5,11H,1,3-4H2,2H3. The molecule has 0 spiro atoms. The van der Waals surface area contributed by atoms with Crippen molar-refractivity contribution in [1.82, 2.24) is 14.8 Å². The van der Waals surface area contributed by atoms with Crippen molar-refractivity contribution >= 4 is 24.4 Å². The van der Waals surface area contributed by atoms with Crippen LogP contribution in [0.15, 0.2) is 23.6 Å². The van der Waals surface area contributed by atoms with Crippen molar-refractivity contribution < 1.29 is 0 Å². The fraction of sp³-hybridized carbons (Fsp3) is 0.429. The monoisotopic (exact) mass is 201 g/mol. The van der Waals surface area contributed by atoms with Gasteiger partial charge in [-0.3, -0.25) is 0 Å². The largest absolute Gasteiger partial charge is 0.312 e. The second kappa shape index (κ2) is 4.57. The Bertz CT molecular complexity index is 269. The Morgan fingerprint density at radius 1 is 1.83 bits per heavy atom. The minimum atomic E-state index is 0.727. The Balaban J connectivity index is 2.43. The predicted molar refractivity (Wildman–Crippen MR) is 54.7 cm³/mol. The van der Waals surface area contributed by atoms with Crippen LogP contribution in [-0.4, -0.2) is 26.3 Å². The Morgan fingerprint density at radius 2 is 2.58 bits per heavy atom. The quantitative estimate of drug-likeness (QED) is 0.454. The van der Waals surface area contributed by atoms with Gasteiger partial charge in [-0.05, 0) is 0 Å². The van der Waals surface area contributed by atoms with Crippen LogP contribution in [0.2, 0.25) is 0 Å². The van der Waals surface area contributed by atoms with Gasteiger partial charge in [0.15, 0.2) is 5.16 Å². The molecule has 3 nitrogen and oxygen atoms in total. The molecule has 12 heavy (non-hydrogen) atoms. The van der Waals surface area contributed by atoms with Gasteiger partial charge in [0.25, 0.3) is 0 Å². The molecule has 0 radical (unpaired) electrons. The molecule has 1 aromatic heterocycles. The van der Waals surface area contributed by atoms with Gasteiger partial charge in [-0.15, -0.1) is 10.2 Å². The number of rotatable bonds is 4. The highest BCUT2D eigenvalue weighted by Crippen LogP contribution is 2.16. The van der Waals surface area contributed by atoms with Gasteiger partial charge in [0.2, 0.25) is 0 Å². The van der Waals surface area contributed by atoms with Crippen molar-refractivity contribution in [3.05, 3.63) is 18.5 Å². The fourth-order valence-corrected chi connectivity index (χ4v) is 1.67. The van der Waals surface area contributed by atoms with Gasteiger partial charge in [-0.25, -0.2) is 0 Å². The second-order valence-electron chi connectivity index (χ2n) is 2.42. The van der Waals surface area contributed by atoms with Crippen LogP contribution in [0.5, 0.6) is 0 Å². The van der Waals surface area contributed by atoms with E-state index in [1.165, 1.54) is 0 Å². The van der Waals surface area contributed by atoms with E-state index in [2.05, 4.69) is 29.4 Å². The van der Waals surface area contributed by atoms with Crippen molar-refractivity contribution in [2.75, 3.05) is 11.5 Å². The van der Waals surface area contributed by atoms with Crippen LogP contribution in [0, 0.1) is 0 Å². The molecule has 0 atom stereocenters. The number of thioether (sulfide) groups is 1. The molecule has 0 bridgehead atoms. The molecular formula is C7H11N3S2. The third-order valence-electron chi connectivity index (χ3n) is 1.30. The molecule has 5 heteroatoms. The number of nitrogens with zero attached hydrogens (tertiary/aromatic N) is 3. The van der Waals surface area contributed by atoms with Gasteiger partial charge in [0.1, 0.15) is 6.33 Å². The molecule has 0 amide bonds. The molecule has 1 aromatic rings. The highest BCUT2D eigenvalue weighted by Gasteiger charge is 2.01.